The maximum Gasteiger partial charge on any atom is 0.306 e. The number of hydrogen-bond acceptors (Lipinski definition) is 2. The highest BCUT2D eigenvalue weighted by atomic mass is 16.5. The van der Waals surface area contributed by atoms with E-state index in [1.165, 1.54) is 0 Å². The predicted molar refractivity (Wildman–Crippen MR) is 84.2 cm³/mol. The summed E-state index contributed by atoms with van der Waals surface area (Å²) in [6, 6.07) is 0. The summed E-state index contributed by atoms with van der Waals surface area (Å²) in [6.45, 7) is 10.5. The molecule has 0 aliphatic heterocycles. The summed E-state index contributed by atoms with van der Waals surface area (Å²) in [4.78, 5) is 11.2. The lowest BCUT2D eigenvalue weighted by Gasteiger charge is -2.04. The molecule has 1 aliphatic rings. The Bertz CT molecular complexity index is 286. The zero-order chi connectivity index (χ0) is 14.9. The van der Waals surface area contributed by atoms with Gasteiger partial charge in [-0.3, -0.25) is 4.79 Å². The molecular weight excluding hydrogens is 236 g/mol. The SMILES string of the molecule is CC.CC.CCCCC(=O)OCC1=CC=CCC=C1. The highest BCUT2D eigenvalue weighted by molar-refractivity contribution is 5.69. The number of hydrogen-bond donors (Lipinski definition) is 0. The minimum absolute atomic E-state index is 0.0978. The van der Waals surface area contributed by atoms with Gasteiger partial charge in [-0.15, -0.1) is 0 Å². The molecule has 0 fully saturated rings. The van der Waals surface area contributed by atoms with Gasteiger partial charge in [-0.2, -0.15) is 0 Å². The van der Waals surface area contributed by atoms with Crippen molar-refractivity contribution in [3.63, 3.8) is 0 Å². The van der Waals surface area contributed by atoms with E-state index in [0.717, 1.165) is 24.8 Å². The molecule has 0 heterocycles. The monoisotopic (exact) mass is 266 g/mol. The number of unbranched alkanes of at least 4 members (excludes halogenated alkanes) is 1. The van der Waals surface area contributed by atoms with Crippen molar-refractivity contribution in [2.45, 2.75) is 60.3 Å². The standard InChI is InChI=1S/C13H18O2.2C2H6/c1-2-3-10-13(14)15-11-12-8-6-4-5-7-9-12;2*1-2/h4,6-9H,2-3,5,10-11H2,1H3;2*1-2H3. The van der Waals surface area contributed by atoms with E-state index in [0.29, 0.717) is 13.0 Å². The second-order valence-electron chi connectivity index (χ2n) is 3.57. The summed E-state index contributed by atoms with van der Waals surface area (Å²) < 4.78 is 5.15. The summed E-state index contributed by atoms with van der Waals surface area (Å²) in [5.41, 5.74) is 1.05. The van der Waals surface area contributed by atoms with E-state index in [9.17, 15) is 4.79 Å². The first-order valence-corrected chi connectivity index (χ1v) is 7.50. The first-order chi connectivity index (χ1) is 9.33. The fraction of sp³-hybridized carbons (Fsp3) is 0.588. The topological polar surface area (TPSA) is 26.3 Å². The second-order valence-corrected chi connectivity index (χ2v) is 3.57. The molecule has 0 saturated carbocycles. The quantitative estimate of drug-likeness (QED) is 0.638. The van der Waals surface area contributed by atoms with Crippen LogP contribution in [0.5, 0.6) is 0 Å². The lowest BCUT2D eigenvalue weighted by Crippen LogP contribution is -2.06. The smallest absolute Gasteiger partial charge is 0.306 e. The maximum atomic E-state index is 11.2. The van der Waals surface area contributed by atoms with Crippen LogP contribution in [-0.2, 0) is 9.53 Å². The van der Waals surface area contributed by atoms with Crippen LogP contribution in [-0.4, -0.2) is 12.6 Å². The zero-order valence-electron chi connectivity index (χ0n) is 13.2. The molecule has 0 N–H and O–H groups in total. The van der Waals surface area contributed by atoms with Gasteiger partial charge >= 0.3 is 5.97 Å². The van der Waals surface area contributed by atoms with Gasteiger partial charge in [0.15, 0.2) is 0 Å². The van der Waals surface area contributed by atoms with Gasteiger partial charge in [0.1, 0.15) is 6.61 Å². The third-order valence-corrected chi connectivity index (χ3v) is 2.18. The summed E-state index contributed by atoms with van der Waals surface area (Å²) >= 11 is 0. The van der Waals surface area contributed by atoms with Crippen LogP contribution in [0, 0.1) is 0 Å². The molecule has 0 amide bonds. The normalized spacial score (nSPS) is 12.2. The first kappa shape index (κ1) is 20.0. The van der Waals surface area contributed by atoms with Crippen molar-refractivity contribution in [2.75, 3.05) is 6.61 Å². The van der Waals surface area contributed by atoms with Crippen LogP contribution in [0.25, 0.3) is 0 Å². The number of ether oxygens (including phenoxy) is 1. The third-order valence-electron chi connectivity index (χ3n) is 2.18. The molecule has 0 atom stereocenters. The number of rotatable bonds is 5. The van der Waals surface area contributed by atoms with Crippen molar-refractivity contribution >= 4 is 5.97 Å². The van der Waals surface area contributed by atoms with Gasteiger partial charge in [-0.25, -0.2) is 0 Å². The minimum atomic E-state index is -0.0978. The van der Waals surface area contributed by atoms with Gasteiger partial charge in [0, 0.05) is 6.42 Å². The van der Waals surface area contributed by atoms with Crippen molar-refractivity contribution in [1.29, 1.82) is 0 Å². The molecule has 0 bridgehead atoms. The summed E-state index contributed by atoms with van der Waals surface area (Å²) in [5.74, 6) is -0.0978. The molecule has 2 heteroatoms. The zero-order valence-corrected chi connectivity index (χ0v) is 13.2. The Morgan fingerprint density at radius 3 is 2.53 bits per heavy atom. The summed E-state index contributed by atoms with van der Waals surface area (Å²) in [6.07, 6.45) is 13.5. The Morgan fingerprint density at radius 2 is 1.89 bits per heavy atom. The van der Waals surface area contributed by atoms with Gasteiger partial charge < -0.3 is 4.74 Å². The summed E-state index contributed by atoms with van der Waals surface area (Å²) in [7, 11) is 0. The minimum Gasteiger partial charge on any atom is -0.461 e. The fourth-order valence-electron chi connectivity index (χ4n) is 1.28. The molecule has 0 unspecified atom stereocenters. The van der Waals surface area contributed by atoms with E-state index in [2.05, 4.69) is 19.1 Å². The molecule has 0 aromatic carbocycles. The Hall–Kier alpha value is -1.31. The molecule has 0 saturated heterocycles. The Morgan fingerprint density at radius 1 is 1.21 bits per heavy atom. The predicted octanol–water partition coefficient (Wildman–Crippen LogP) is 5.21. The van der Waals surface area contributed by atoms with E-state index >= 15 is 0 Å². The highest BCUT2D eigenvalue weighted by Crippen LogP contribution is 2.06. The van der Waals surface area contributed by atoms with Gasteiger partial charge in [-0.05, 0) is 18.4 Å². The Labute approximate surface area is 119 Å². The molecule has 1 aliphatic carbocycles. The van der Waals surface area contributed by atoms with Crippen LogP contribution in [0.1, 0.15) is 60.3 Å². The van der Waals surface area contributed by atoms with Crippen LogP contribution in [0.15, 0.2) is 36.0 Å². The van der Waals surface area contributed by atoms with Crippen LogP contribution in [0.4, 0.5) is 0 Å². The van der Waals surface area contributed by atoms with Crippen molar-refractivity contribution < 1.29 is 9.53 Å². The lowest BCUT2D eigenvalue weighted by molar-refractivity contribution is -0.142. The molecule has 19 heavy (non-hydrogen) atoms. The van der Waals surface area contributed by atoms with Gasteiger partial charge in [-0.1, -0.05) is 71.4 Å². The molecule has 0 aromatic rings. The third kappa shape index (κ3) is 12.9. The average Bonchev–Trinajstić information content (AvgIpc) is 2.76. The van der Waals surface area contributed by atoms with Gasteiger partial charge in [0.25, 0.3) is 0 Å². The highest BCUT2D eigenvalue weighted by Gasteiger charge is 2.02. The van der Waals surface area contributed by atoms with E-state index < -0.39 is 0 Å². The van der Waals surface area contributed by atoms with E-state index in [4.69, 9.17) is 4.74 Å². The largest absolute Gasteiger partial charge is 0.461 e. The number of carbonyl (C=O) groups is 1. The van der Waals surface area contributed by atoms with Crippen LogP contribution in [0.3, 0.4) is 0 Å². The number of carbonyl (C=O) groups excluding carboxylic acids is 1. The fourth-order valence-corrected chi connectivity index (χ4v) is 1.28. The van der Waals surface area contributed by atoms with E-state index in [-0.39, 0.29) is 5.97 Å². The molecule has 0 spiro atoms. The summed E-state index contributed by atoms with van der Waals surface area (Å²) in [5, 5.41) is 0. The van der Waals surface area contributed by atoms with Crippen molar-refractivity contribution in [1.82, 2.24) is 0 Å². The Balaban J connectivity index is 0. The average molecular weight is 266 g/mol. The molecule has 1 rings (SSSR count). The molecule has 0 aromatic heterocycles. The van der Waals surface area contributed by atoms with E-state index in [1.807, 2.05) is 45.9 Å². The lowest BCUT2D eigenvalue weighted by atomic mass is 10.2. The van der Waals surface area contributed by atoms with Crippen molar-refractivity contribution in [3.8, 4) is 0 Å². The van der Waals surface area contributed by atoms with Gasteiger partial charge in [0.05, 0.1) is 0 Å². The van der Waals surface area contributed by atoms with Crippen LogP contribution in [0.2, 0.25) is 0 Å². The maximum absolute atomic E-state index is 11.2. The molecule has 0 radical (unpaired) electrons. The molecule has 110 valence electrons. The number of allylic oxidation sites excluding steroid dienone is 4. The van der Waals surface area contributed by atoms with Crippen LogP contribution >= 0.6 is 0 Å². The first-order valence-electron chi connectivity index (χ1n) is 7.50. The number of esters is 1. The van der Waals surface area contributed by atoms with E-state index in [1.54, 1.807) is 0 Å². The second kappa shape index (κ2) is 16.7. The van der Waals surface area contributed by atoms with Crippen LogP contribution < -0.4 is 0 Å². The molecular formula is C17H30O2. The molecule has 2 nitrogen and oxygen atoms in total. The van der Waals surface area contributed by atoms with Crippen molar-refractivity contribution in [2.24, 2.45) is 0 Å². The Kier molecular flexibility index (Phi) is 17.6. The van der Waals surface area contributed by atoms with Crippen molar-refractivity contribution in [3.05, 3.63) is 36.0 Å². The van der Waals surface area contributed by atoms with Gasteiger partial charge in [0.2, 0.25) is 0 Å².